The van der Waals surface area contributed by atoms with Gasteiger partial charge in [0.1, 0.15) is 17.8 Å². The molecule has 0 saturated carbocycles. The van der Waals surface area contributed by atoms with Crippen LogP contribution in [0.4, 0.5) is 5.69 Å². The van der Waals surface area contributed by atoms with E-state index in [-0.39, 0.29) is 23.7 Å². The fourth-order valence-electron chi connectivity index (χ4n) is 13.9. The maximum atomic E-state index is 15.7. The van der Waals surface area contributed by atoms with Crippen molar-refractivity contribution in [3.8, 4) is 5.75 Å². The van der Waals surface area contributed by atoms with Crippen LogP contribution in [-0.4, -0.2) is 78.9 Å². The molecule has 10 atom stereocenters. The van der Waals surface area contributed by atoms with Gasteiger partial charge in [-0.3, -0.25) is 4.48 Å². The minimum atomic E-state index is -1.10. The van der Waals surface area contributed by atoms with E-state index in [4.69, 9.17) is 14.5 Å². The predicted molar refractivity (Wildman–Crippen MR) is 179 cm³/mol. The second-order valence-electron chi connectivity index (χ2n) is 17.1. The Labute approximate surface area is 287 Å². The van der Waals surface area contributed by atoms with Gasteiger partial charge in [-0.05, 0) is 55.9 Å². The third-order valence-corrected chi connectivity index (χ3v) is 16.0. The highest BCUT2D eigenvalue weighted by Crippen LogP contribution is 2.66. The number of fused-ring (bicyclic) bond motifs is 7. The standard InChI is InChI=1S/C40H46N4O5/c1-4-24-22-42-16-14-37-27-9-6-7-10-30(27)43-33(35(46)48-3)25(24)20-32(42)40(37,43)49-31-21-29-28(19-26(31)34(37)45)38(47)15-18-44-17-8-11-36(5-2,23-44)12-13-39(38,44)41-29/h4,6-7,9-10,19,21,25,32-33,47H,5,8,11-18,20,22-23H2,1-3H3/p+1/b24-4-/t25-,32-,33-,36+,37-,38+,39-,40+,44-/m0/s1. The van der Waals surface area contributed by atoms with Crippen molar-refractivity contribution in [3.05, 3.63) is 69.8 Å². The molecule has 49 heavy (non-hydrogen) atoms. The summed E-state index contributed by atoms with van der Waals surface area (Å²) < 4.78 is 14.0. The van der Waals surface area contributed by atoms with Crippen molar-refractivity contribution < 1.29 is 33.9 Å². The number of benzene rings is 2. The summed E-state index contributed by atoms with van der Waals surface area (Å²) in [5, 5.41) is 30.0. The first-order valence-corrected chi connectivity index (χ1v) is 18.9. The first-order valence-electron chi connectivity index (χ1n) is 18.9. The average molecular weight is 664 g/mol. The Morgan fingerprint density at radius 3 is 2.86 bits per heavy atom. The molecule has 6 saturated heterocycles. The first-order chi connectivity index (χ1) is 23.7. The zero-order valence-corrected chi connectivity index (χ0v) is 28.9. The molecule has 0 aromatic heterocycles. The lowest BCUT2D eigenvalue weighted by molar-refractivity contribution is -0.984. The molecule has 4 bridgehead atoms. The Morgan fingerprint density at radius 2 is 2.04 bits per heavy atom. The number of hydrogen-bond donors (Lipinski definition) is 2. The molecule has 9 nitrogen and oxygen atoms in total. The van der Waals surface area contributed by atoms with E-state index >= 15 is 5.11 Å². The zero-order valence-electron chi connectivity index (χ0n) is 28.9. The molecule has 11 rings (SSSR count). The average Bonchev–Trinajstić information content (AvgIpc) is 3.63. The lowest BCUT2D eigenvalue weighted by atomic mass is 9.58. The number of ether oxygens (including phenoxy) is 2. The number of para-hydroxylation sites is 1. The number of piperidine rings is 5. The van der Waals surface area contributed by atoms with Crippen molar-refractivity contribution in [3.63, 3.8) is 0 Å². The Kier molecular flexibility index (Phi) is 5.33. The molecule has 9 aliphatic rings. The number of carbonyl (C=O) groups is 1. The van der Waals surface area contributed by atoms with Crippen LogP contribution in [0.25, 0.3) is 5.76 Å². The van der Waals surface area contributed by atoms with Gasteiger partial charge in [-0.25, -0.2) is 9.79 Å². The van der Waals surface area contributed by atoms with Gasteiger partial charge in [0, 0.05) is 59.6 Å². The zero-order chi connectivity index (χ0) is 33.3. The predicted octanol–water partition coefficient (Wildman–Crippen LogP) is 0.902. The molecule has 2 N–H and O–H groups in total. The number of aliphatic hydroxyl groups is 1. The summed E-state index contributed by atoms with van der Waals surface area (Å²) >= 11 is 0. The third-order valence-electron chi connectivity index (χ3n) is 16.0. The highest BCUT2D eigenvalue weighted by atomic mass is 16.5. The minimum absolute atomic E-state index is 0.0182. The maximum absolute atomic E-state index is 15.7. The van der Waals surface area contributed by atoms with E-state index in [9.17, 15) is 9.90 Å². The van der Waals surface area contributed by atoms with Crippen LogP contribution in [0.2, 0.25) is 0 Å². The van der Waals surface area contributed by atoms with Gasteiger partial charge < -0.3 is 29.5 Å². The van der Waals surface area contributed by atoms with E-state index < -0.39 is 28.4 Å². The van der Waals surface area contributed by atoms with Gasteiger partial charge >= 0.3 is 5.97 Å². The molecule has 0 aliphatic carbocycles. The summed E-state index contributed by atoms with van der Waals surface area (Å²) in [6.07, 6.45) is 9.80. The summed E-state index contributed by atoms with van der Waals surface area (Å²) in [5.74, 6) is 0.299. The number of esters is 1. The van der Waals surface area contributed by atoms with Gasteiger partial charge in [0.15, 0.2) is 5.60 Å². The molecule has 6 fully saturated rings. The van der Waals surface area contributed by atoms with Crippen molar-refractivity contribution >= 4 is 17.4 Å². The number of hydrogen-bond acceptors (Lipinski definition) is 7. The molecular weight excluding hydrogens is 616 g/mol. The van der Waals surface area contributed by atoms with E-state index in [2.05, 4.69) is 37.0 Å². The fraction of sp³-hybridized carbons (Fsp3) is 0.600. The number of anilines is 1. The number of carbonyl (C=O) groups excluding carboxylic acids is 1. The summed E-state index contributed by atoms with van der Waals surface area (Å²) in [7, 11) is 1.47. The van der Waals surface area contributed by atoms with Gasteiger partial charge in [0.25, 0.3) is 0 Å². The Morgan fingerprint density at radius 1 is 1.18 bits per heavy atom. The van der Waals surface area contributed by atoms with Gasteiger partial charge in [-0.2, -0.15) is 0 Å². The second kappa shape index (κ2) is 8.90. The molecule has 9 aliphatic heterocycles. The van der Waals surface area contributed by atoms with Crippen LogP contribution >= 0.6 is 0 Å². The fourth-order valence-corrected chi connectivity index (χ4v) is 13.9. The van der Waals surface area contributed by atoms with Crippen LogP contribution in [0.1, 0.15) is 76.3 Å². The number of quaternary nitrogens is 2. The quantitative estimate of drug-likeness (QED) is 0.282. The van der Waals surface area contributed by atoms with E-state index in [1.165, 1.54) is 36.8 Å². The Balaban J connectivity index is 1.16. The molecule has 1 unspecified atom stereocenters. The molecule has 2 aromatic carbocycles. The summed E-state index contributed by atoms with van der Waals surface area (Å²) in [6, 6.07) is 11.6. The molecule has 2 aromatic rings. The summed E-state index contributed by atoms with van der Waals surface area (Å²) in [5.41, 5.74) is 0.512. The van der Waals surface area contributed by atoms with Crippen molar-refractivity contribution in [1.82, 2.24) is 0 Å². The molecule has 0 radical (unpaired) electrons. The van der Waals surface area contributed by atoms with Gasteiger partial charge in [-0.1, -0.05) is 31.2 Å². The van der Waals surface area contributed by atoms with Gasteiger partial charge in [0.2, 0.25) is 11.4 Å². The van der Waals surface area contributed by atoms with Crippen LogP contribution in [-0.2, 0) is 20.5 Å². The van der Waals surface area contributed by atoms with E-state index in [1.807, 2.05) is 24.3 Å². The van der Waals surface area contributed by atoms with Crippen LogP contribution in [0, 0.1) is 11.3 Å². The largest absolute Gasteiger partial charge is 0.874 e. The maximum Gasteiger partial charge on any atom is 0.329 e. The number of methoxy groups -OCH3 is 1. The smallest absolute Gasteiger partial charge is 0.329 e. The number of nitrogens with zero attached hydrogens (tertiary/aromatic N) is 3. The van der Waals surface area contributed by atoms with E-state index in [1.54, 1.807) is 0 Å². The Bertz CT molecular complexity index is 2050. The molecule has 0 amide bonds. The van der Waals surface area contributed by atoms with E-state index in [0.29, 0.717) is 29.2 Å². The van der Waals surface area contributed by atoms with Crippen molar-refractivity contribution in [2.75, 3.05) is 44.7 Å². The first kappa shape index (κ1) is 29.3. The third kappa shape index (κ3) is 2.88. The molecule has 3 spiro atoms. The normalized spacial score (nSPS) is 46.4. The lowest BCUT2D eigenvalue weighted by Crippen LogP contribution is -3.23. The Hall–Kier alpha value is -3.40. The number of allylic oxidation sites excluding steroid dienone is 1. The molecule has 9 heteroatoms. The topological polar surface area (TPSA) is 98.9 Å². The highest BCUT2D eigenvalue weighted by Gasteiger charge is 2.80. The van der Waals surface area contributed by atoms with Crippen molar-refractivity contribution in [1.29, 1.82) is 0 Å². The van der Waals surface area contributed by atoms with Crippen LogP contribution in [0.5, 0.6) is 5.75 Å². The molecule has 9 heterocycles. The van der Waals surface area contributed by atoms with Crippen LogP contribution in [0.3, 0.4) is 0 Å². The number of nitrogens with one attached hydrogen (secondary N) is 1. The van der Waals surface area contributed by atoms with E-state index in [0.717, 1.165) is 78.6 Å². The summed E-state index contributed by atoms with van der Waals surface area (Å²) in [6.45, 7) is 9.17. The summed E-state index contributed by atoms with van der Waals surface area (Å²) in [4.78, 5) is 23.2. The second-order valence-corrected chi connectivity index (χ2v) is 17.1. The lowest BCUT2D eigenvalue weighted by Gasteiger charge is -2.66. The molecule has 256 valence electrons. The van der Waals surface area contributed by atoms with Gasteiger partial charge in [0.05, 0.1) is 50.6 Å². The highest BCUT2D eigenvalue weighted by molar-refractivity contribution is 5.88. The minimum Gasteiger partial charge on any atom is -0.874 e. The van der Waals surface area contributed by atoms with Crippen LogP contribution in [0.15, 0.2) is 53.0 Å². The van der Waals surface area contributed by atoms with Crippen molar-refractivity contribution in [2.24, 2.45) is 16.3 Å². The van der Waals surface area contributed by atoms with Crippen LogP contribution < -0.4 is 30.2 Å². The monoisotopic (exact) mass is 663 g/mol. The molecular formula is C40H47N4O5+. The van der Waals surface area contributed by atoms with Crippen molar-refractivity contribution in [2.45, 2.75) is 99.7 Å². The van der Waals surface area contributed by atoms with Gasteiger partial charge in [-0.15, -0.1) is 5.76 Å². The SMILES string of the molecule is C/C=C1/C[NH+]2CC[C@]34C([O-])=c5cc6c(cc5O[C@]35[C@@H]2C[C@@H]1[C@@H](C(=O)OC)N5c1ccccc14)=N[C@@]12CC[C@@]3(CC)CCC[N@+]1(CC[C@@]62O)C3. The number of rotatable bonds is 2.